The minimum atomic E-state index is 0.669. The predicted molar refractivity (Wildman–Crippen MR) is 62.8 cm³/mol. The summed E-state index contributed by atoms with van der Waals surface area (Å²) in [6, 6.07) is 8.37. The van der Waals surface area contributed by atoms with Crippen molar-refractivity contribution in [3.63, 3.8) is 0 Å². The molecule has 2 heteroatoms. The van der Waals surface area contributed by atoms with Gasteiger partial charge < -0.3 is 9.47 Å². The highest BCUT2D eigenvalue weighted by Crippen LogP contribution is 2.07. The maximum Gasteiger partial charge on any atom is 0.0717 e. The summed E-state index contributed by atoms with van der Waals surface area (Å²) in [6.07, 6.45) is 1.61. The molecule has 0 atom stereocenters. The molecule has 0 saturated heterocycles. The summed E-state index contributed by atoms with van der Waals surface area (Å²) in [6.45, 7) is 2.75. The first-order chi connectivity index (χ1) is 7.95. The average molecular weight is 216 g/mol. The smallest absolute Gasteiger partial charge is 0.0717 e. The van der Waals surface area contributed by atoms with Crippen LogP contribution < -0.4 is 0 Å². The quantitative estimate of drug-likeness (QED) is 0.620. The van der Waals surface area contributed by atoms with Crippen LogP contribution in [0.15, 0.2) is 24.3 Å². The third-order valence-electron chi connectivity index (χ3n) is 2.43. The van der Waals surface area contributed by atoms with Crippen LogP contribution in [0.25, 0.3) is 0 Å². The molecular formula is C14H16O2. The Hall–Kier alpha value is -1.30. The molecule has 3 rings (SSSR count). The predicted octanol–water partition coefficient (Wildman–Crippen LogP) is 2.52. The lowest BCUT2D eigenvalue weighted by molar-refractivity contribution is 0.123. The summed E-state index contributed by atoms with van der Waals surface area (Å²) in [7, 11) is 0. The third-order valence-corrected chi connectivity index (χ3v) is 2.43. The van der Waals surface area contributed by atoms with Gasteiger partial charge in [-0.05, 0) is 11.1 Å². The summed E-state index contributed by atoms with van der Waals surface area (Å²) >= 11 is 0. The van der Waals surface area contributed by atoms with Crippen molar-refractivity contribution in [2.45, 2.75) is 26.1 Å². The molecule has 1 aromatic rings. The Balaban J connectivity index is 1.99. The van der Waals surface area contributed by atoms with Gasteiger partial charge in [-0.2, -0.15) is 0 Å². The van der Waals surface area contributed by atoms with Gasteiger partial charge in [0.25, 0.3) is 0 Å². The van der Waals surface area contributed by atoms with Gasteiger partial charge in [0.15, 0.2) is 0 Å². The fourth-order valence-corrected chi connectivity index (χ4v) is 1.53. The molecule has 16 heavy (non-hydrogen) atoms. The average Bonchev–Trinajstić information content (AvgIpc) is 2.33. The van der Waals surface area contributed by atoms with E-state index < -0.39 is 0 Å². The molecule has 0 N–H and O–H groups in total. The van der Waals surface area contributed by atoms with Gasteiger partial charge in [0, 0.05) is 12.8 Å². The molecule has 0 spiro atoms. The lowest BCUT2D eigenvalue weighted by atomic mass is 10.1. The van der Waals surface area contributed by atoms with Crippen LogP contribution in [0.3, 0.4) is 0 Å². The molecular weight excluding hydrogens is 200 g/mol. The van der Waals surface area contributed by atoms with Crippen molar-refractivity contribution < 1.29 is 9.47 Å². The fourth-order valence-electron chi connectivity index (χ4n) is 1.53. The summed E-state index contributed by atoms with van der Waals surface area (Å²) in [5, 5.41) is 0. The lowest BCUT2D eigenvalue weighted by Crippen LogP contribution is -1.98. The summed E-state index contributed by atoms with van der Waals surface area (Å²) < 4.78 is 11.0. The second-order valence-corrected chi connectivity index (χ2v) is 3.78. The van der Waals surface area contributed by atoms with Crippen LogP contribution in [0.2, 0.25) is 0 Å². The zero-order valence-corrected chi connectivity index (χ0v) is 9.37. The molecule has 1 aromatic carbocycles. The van der Waals surface area contributed by atoms with Crippen LogP contribution in [0, 0.1) is 11.8 Å². The molecule has 2 heterocycles. The maximum absolute atomic E-state index is 5.52. The van der Waals surface area contributed by atoms with Gasteiger partial charge >= 0.3 is 0 Å². The highest BCUT2D eigenvalue weighted by atomic mass is 16.5. The molecule has 2 nitrogen and oxygen atoms in total. The normalized spacial score (nSPS) is 17.2. The molecule has 0 aliphatic carbocycles. The van der Waals surface area contributed by atoms with Crippen molar-refractivity contribution in [2.75, 3.05) is 13.2 Å². The van der Waals surface area contributed by atoms with Gasteiger partial charge in [0.1, 0.15) is 0 Å². The van der Waals surface area contributed by atoms with E-state index in [1.807, 2.05) is 0 Å². The van der Waals surface area contributed by atoms with E-state index in [0.717, 1.165) is 12.8 Å². The summed E-state index contributed by atoms with van der Waals surface area (Å²) in [4.78, 5) is 0. The Morgan fingerprint density at radius 2 is 1.19 bits per heavy atom. The van der Waals surface area contributed by atoms with Crippen molar-refractivity contribution >= 4 is 0 Å². The topological polar surface area (TPSA) is 18.5 Å². The van der Waals surface area contributed by atoms with Crippen molar-refractivity contribution in [1.82, 2.24) is 0 Å². The minimum absolute atomic E-state index is 0.669. The van der Waals surface area contributed by atoms with Gasteiger partial charge in [-0.15, -0.1) is 11.8 Å². The second kappa shape index (κ2) is 6.32. The van der Waals surface area contributed by atoms with Crippen LogP contribution in [0.1, 0.15) is 24.0 Å². The van der Waals surface area contributed by atoms with Gasteiger partial charge in [0.05, 0.1) is 26.4 Å². The maximum atomic E-state index is 5.52. The largest absolute Gasteiger partial charge is 0.376 e. The van der Waals surface area contributed by atoms with E-state index in [1.54, 1.807) is 0 Å². The van der Waals surface area contributed by atoms with E-state index in [1.165, 1.54) is 11.1 Å². The first-order valence-electron chi connectivity index (χ1n) is 5.64. The molecule has 0 unspecified atom stereocenters. The van der Waals surface area contributed by atoms with Gasteiger partial charge in [0.2, 0.25) is 0 Å². The zero-order valence-electron chi connectivity index (χ0n) is 9.37. The van der Waals surface area contributed by atoms with E-state index >= 15 is 0 Å². The Bertz CT molecular complexity index is 335. The Kier molecular flexibility index (Phi) is 4.42. The van der Waals surface area contributed by atoms with Crippen LogP contribution in [0.4, 0.5) is 0 Å². The highest BCUT2D eigenvalue weighted by Gasteiger charge is 1.96. The monoisotopic (exact) mass is 216 g/mol. The minimum Gasteiger partial charge on any atom is -0.376 e. The molecule has 0 amide bonds. The van der Waals surface area contributed by atoms with Crippen molar-refractivity contribution in [1.29, 1.82) is 0 Å². The Morgan fingerprint density at radius 1 is 0.750 bits per heavy atom. The molecule has 0 saturated carbocycles. The van der Waals surface area contributed by atoms with Gasteiger partial charge in [-0.3, -0.25) is 0 Å². The zero-order chi connectivity index (χ0) is 11.1. The SMILES string of the molecule is C1#CCCOCc2ccc(cc2)COCC1. The number of hydrogen-bond acceptors (Lipinski definition) is 2. The third kappa shape index (κ3) is 3.69. The Labute approximate surface area is 96.6 Å². The first kappa shape index (κ1) is 11.2. The van der Waals surface area contributed by atoms with Gasteiger partial charge in [-0.1, -0.05) is 24.3 Å². The van der Waals surface area contributed by atoms with Crippen LogP contribution in [0.5, 0.6) is 0 Å². The molecule has 0 aromatic heterocycles. The number of hydrogen-bond donors (Lipinski definition) is 0. The molecule has 84 valence electrons. The van der Waals surface area contributed by atoms with E-state index in [9.17, 15) is 0 Å². The molecule has 2 aliphatic rings. The molecule has 2 aliphatic heterocycles. The van der Waals surface area contributed by atoms with Gasteiger partial charge in [-0.25, -0.2) is 0 Å². The number of benzene rings is 1. The number of fused-ring (bicyclic) bond motifs is 10. The van der Waals surface area contributed by atoms with E-state index in [2.05, 4.69) is 36.1 Å². The number of rotatable bonds is 0. The van der Waals surface area contributed by atoms with Crippen molar-refractivity contribution in [3.8, 4) is 11.8 Å². The summed E-state index contributed by atoms with van der Waals surface area (Å²) in [5.74, 6) is 6.15. The fraction of sp³-hybridized carbons (Fsp3) is 0.429. The van der Waals surface area contributed by atoms with E-state index in [4.69, 9.17) is 9.47 Å². The molecule has 0 radical (unpaired) electrons. The highest BCUT2D eigenvalue weighted by molar-refractivity contribution is 5.21. The summed E-state index contributed by atoms with van der Waals surface area (Å²) in [5.41, 5.74) is 2.41. The van der Waals surface area contributed by atoms with E-state index in [0.29, 0.717) is 26.4 Å². The van der Waals surface area contributed by atoms with Crippen LogP contribution >= 0.6 is 0 Å². The second-order valence-electron chi connectivity index (χ2n) is 3.78. The lowest BCUT2D eigenvalue weighted by Gasteiger charge is -2.06. The number of ether oxygens (including phenoxy) is 2. The molecule has 2 bridgehead atoms. The van der Waals surface area contributed by atoms with E-state index in [-0.39, 0.29) is 0 Å². The first-order valence-corrected chi connectivity index (χ1v) is 5.64. The van der Waals surface area contributed by atoms with Crippen molar-refractivity contribution in [2.24, 2.45) is 0 Å². The van der Waals surface area contributed by atoms with Crippen LogP contribution in [-0.2, 0) is 22.7 Å². The standard InChI is InChI=1S/C14H16O2/c1-2-4-10-16-12-14-7-5-13(6-8-14)11-15-9-3-1/h5-8H,3-4,9-12H2. The van der Waals surface area contributed by atoms with Crippen LogP contribution in [-0.4, -0.2) is 13.2 Å². The molecule has 0 fully saturated rings. The Morgan fingerprint density at radius 3 is 1.62 bits per heavy atom. The van der Waals surface area contributed by atoms with Crippen molar-refractivity contribution in [3.05, 3.63) is 35.4 Å².